The maximum absolute atomic E-state index is 6.19. The lowest BCUT2D eigenvalue weighted by molar-refractivity contribution is 0.157. The Balaban J connectivity index is 2.89. The summed E-state index contributed by atoms with van der Waals surface area (Å²) in [5, 5.41) is 3.12. The van der Waals surface area contributed by atoms with Gasteiger partial charge < -0.3 is 10.6 Å². The summed E-state index contributed by atoms with van der Waals surface area (Å²) in [4.78, 5) is 6.56. The first kappa shape index (κ1) is 11.6. The fraction of sp³-hybridized carbons (Fsp3) is 0.700. The zero-order valence-electron chi connectivity index (χ0n) is 9.53. The molecular weight excluding hydrogens is 194 g/mol. The molecule has 14 heavy (non-hydrogen) atoms. The number of thiazole rings is 1. The summed E-state index contributed by atoms with van der Waals surface area (Å²) in [7, 11) is 4.08. The molecular formula is C10H19N3S. The van der Waals surface area contributed by atoms with Crippen LogP contribution in [-0.4, -0.2) is 29.5 Å². The quantitative estimate of drug-likeness (QED) is 0.832. The molecule has 1 aromatic heterocycles. The van der Waals surface area contributed by atoms with Gasteiger partial charge in [-0.05, 0) is 34.9 Å². The second kappa shape index (κ2) is 3.96. The van der Waals surface area contributed by atoms with Gasteiger partial charge >= 0.3 is 0 Å². The normalized spacial score (nSPS) is 14.8. The Morgan fingerprint density at radius 3 is 2.43 bits per heavy atom. The zero-order valence-corrected chi connectivity index (χ0v) is 10.4. The minimum Gasteiger partial charge on any atom is -0.321 e. The molecule has 1 aromatic rings. The summed E-state index contributed by atoms with van der Waals surface area (Å²) in [6, 6.07) is -0.0394. The van der Waals surface area contributed by atoms with Crippen LogP contribution in [0.15, 0.2) is 5.38 Å². The van der Waals surface area contributed by atoms with Crippen molar-refractivity contribution in [3.05, 3.63) is 16.1 Å². The van der Waals surface area contributed by atoms with Crippen molar-refractivity contribution in [2.24, 2.45) is 5.73 Å². The first-order chi connectivity index (χ1) is 6.35. The van der Waals surface area contributed by atoms with Gasteiger partial charge in [0.1, 0.15) is 0 Å². The highest BCUT2D eigenvalue weighted by atomic mass is 32.1. The van der Waals surface area contributed by atoms with E-state index in [-0.39, 0.29) is 11.6 Å². The van der Waals surface area contributed by atoms with Crippen molar-refractivity contribution in [3.8, 4) is 0 Å². The molecule has 0 saturated carbocycles. The van der Waals surface area contributed by atoms with Gasteiger partial charge in [-0.25, -0.2) is 4.98 Å². The maximum atomic E-state index is 6.19. The van der Waals surface area contributed by atoms with Gasteiger partial charge in [0, 0.05) is 10.9 Å². The molecule has 1 unspecified atom stereocenters. The fourth-order valence-corrected chi connectivity index (χ4v) is 1.81. The molecule has 2 N–H and O–H groups in total. The standard InChI is InChI=1S/C10H19N3S/c1-7-12-8(6-14-7)9(11)10(2,3)13(4)5/h6,9H,11H2,1-5H3. The van der Waals surface area contributed by atoms with Crippen molar-refractivity contribution < 1.29 is 0 Å². The number of hydrogen-bond acceptors (Lipinski definition) is 4. The molecule has 4 heteroatoms. The van der Waals surface area contributed by atoms with Crippen LogP contribution in [0.2, 0.25) is 0 Å². The van der Waals surface area contributed by atoms with Gasteiger partial charge in [0.05, 0.1) is 16.7 Å². The molecule has 0 bridgehead atoms. The van der Waals surface area contributed by atoms with Gasteiger partial charge in [0.15, 0.2) is 0 Å². The van der Waals surface area contributed by atoms with E-state index in [0.717, 1.165) is 10.7 Å². The number of hydrogen-bond donors (Lipinski definition) is 1. The van der Waals surface area contributed by atoms with Gasteiger partial charge in [0.2, 0.25) is 0 Å². The van der Waals surface area contributed by atoms with Crippen LogP contribution in [0.3, 0.4) is 0 Å². The maximum Gasteiger partial charge on any atom is 0.0898 e. The first-order valence-corrected chi connectivity index (χ1v) is 5.58. The molecule has 0 spiro atoms. The van der Waals surface area contributed by atoms with E-state index in [2.05, 4.69) is 23.7 Å². The van der Waals surface area contributed by atoms with Crippen LogP contribution in [0.1, 0.15) is 30.6 Å². The van der Waals surface area contributed by atoms with Crippen molar-refractivity contribution in [1.29, 1.82) is 0 Å². The molecule has 0 amide bonds. The molecule has 1 heterocycles. The van der Waals surface area contributed by atoms with E-state index in [9.17, 15) is 0 Å². The van der Waals surface area contributed by atoms with Crippen molar-refractivity contribution in [3.63, 3.8) is 0 Å². The lowest BCUT2D eigenvalue weighted by Crippen LogP contribution is -2.47. The largest absolute Gasteiger partial charge is 0.321 e. The number of likely N-dealkylation sites (N-methyl/N-ethyl adjacent to an activating group) is 1. The minimum atomic E-state index is -0.0689. The van der Waals surface area contributed by atoms with E-state index in [4.69, 9.17) is 5.73 Å². The van der Waals surface area contributed by atoms with Crippen LogP contribution >= 0.6 is 11.3 Å². The number of aromatic nitrogens is 1. The van der Waals surface area contributed by atoms with Crippen LogP contribution in [0.25, 0.3) is 0 Å². The summed E-state index contributed by atoms with van der Waals surface area (Å²) in [6.07, 6.45) is 0. The van der Waals surface area contributed by atoms with Gasteiger partial charge in [-0.3, -0.25) is 0 Å². The highest BCUT2D eigenvalue weighted by molar-refractivity contribution is 7.09. The lowest BCUT2D eigenvalue weighted by Gasteiger charge is -2.37. The summed E-state index contributed by atoms with van der Waals surface area (Å²) < 4.78 is 0. The average molecular weight is 213 g/mol. The lowest BCUT2D eigenvalue weighted by atomic mass is 9.92. The van der Waals surface area contributed by atoms with Crippen molar-refractivity contribution in [2.75, 3.05) is 14.1 Å². The molecule has 1 rings (SSSR count). The monoisotopic (exact) mass is 213 g/mol. The zero-order chi connectivity index (χ0) is 10.9. The smallest absolute Gasteiger partial charge is 0.0898 e. The Kier molecular flexibility index (Phi) is 3.29. The Bertz CT molecular complexity index is 304. The van der Waals surface area contributed by atoms with Crippen LogP contribution in [0.5, 0.6) is 0 Å². The molecule has 0 fully saturated rings. The first-order valence-electron chi connectivity index (χ1n) is 4.70. The predicted molar refractivity (Wildman–Crippen MR) is 61.5 cm³/mol. The molecule has 80 valence electrons. The van der Waals surface area contributed by atoms with Crippen molar-refractivity contribution in [1.82, 2.24) is 9.88 Å². The van der Waals surface area contributed by atoms with Crippen LogP contribution < -0.4 is 5.73 Å². The molecule has 1 atom stereocenters. The highest BCUT2D eigenvalue weighted by Gasteiger charge is 2.31. The third-order valence-corrected chi connectivity index (χ3v) is 3.66. The Hall–Kier alpha value is -0.450. The SMILES string of the molecule is Cc1nc(C(N)C(C)(C)N(C)C)cs1. The molecule has 0 aliphatic rings. The highest BCUT2D eigenvalue weighted by Crippen LogP contribution is 2.27. The average Bonchev–Trinajstić information content (AvgIpc) is 2.50. The predicted octanol–water partition coefficient (Wildman–Crippen LogP) is 1.79. The number of nitrogens with two attached hydrogens (primary N) is 1. The second-order valence-corrected chi connectivity index (χ2v) is 5.38. The van der Waals surface area contributed by atoms with E-state index >= 15 is 0 Å². The third kappa shape index (κ3) is 2.13. The number of nitrogens with zero attached hydrogens (tertiary/aromatic N) is 2. The Morgan fingerprint density at radius 1 is 1.50 bits per heavy atom. The summed E-state index contributed by atoms with van der Waals surface area (Å²) >= 11 is 1.65. The minimum absolute atomic E-state index is 0.0394. The summed E-state index contributed by atoms with van der Waals surface area (Å²) in [5.74, 6) is 0. The van der Waals surface area contributed by atoms with Crippen LogP contribution in [0.4, 0.5) is 0 Å². The molecule has 3 nitrogen and oxygen atoms in total. The molecule has 0 aliphatic carbocycles. The van der Waals surface area contributed by atoms with Gasteiger partial charge in [-0.15, -0.1) is 11.3 Å². The fourth-order valence-electron chi connectivity index (χ4n) is 1.16. The summed E-state index contributed by atoms with van der Waals surface area (Å²) in [5.41, 5.74) is 7.11. The van der Waals surface area contributed by atoms with E-state index in [1.807, 2.05) is 26.4 Å². The second-order valence-electron chi connectivity index (χ2n) is 4.32. The Morgan fingerprint density at radius 2 is 2.07 bits per heavy atom. The topological polar surface area (TPSA) is 42.1 Å². The van der Waals surface area contributed by atoms with Gasteiger partial charge in [-0.1, -0.05) is 0 Å². The van der Waals surface area contributed by atoms with E-state index in [1.165, 1.54) is 0 Å². The van der Waals surface area contributed by atoms with Crippen molar-refractivity contribution >= 4 is 11.3 Å². The van der Waals surface area contributed by atoms with E-state index in [0.29, 0.717) is 0 Å². The van der Waals surface area contributed by atoms with Crippen LogP contribution in [-0.2, 0) is 0 Å². The van der Waals surface area contributed by atoms with E-state index < -0.39 is 0 Å². The molecule has 0 saturated heterocycles. The van der Waals surface area contributed by atoms with Gasteiger partial charge in [0.25, 0.3) is 0 Å². The molecule has 0 aliphatic heterocycles. The van der Waals surface area contributed by atoms with E-state index in [1.54, 1.807) is 11.3 Å². The Labute approximate surface area is 89.9 Å². The third-order valence-electron chi connectivity index (χ3n) is 2.87. The molecule has 0 aromatic carbocycles. The van der Waals surface area contributed by atoms with Crippen molar-refractivity contribution in [2.45, 2.75) is 32.4 Å². The molecule has 0 radical (unpaired) electrons. The van der Waals surface area contributed by atoms with Crippen LogP contribution in [0, 0.1) is 6.92 Å². The number of aryl methyl sites for hydroxylation is 1. The number of rotatable bonds is 3. The van der Waals surface area contributed by atoms with Gasteiger partial charge in [-0.2, -0.15) is 0 Å². The summed E-state index contributed by atoms with van der Waals surface area (Å²) in [6.45, 7) is 6.27.